The lowest BCUT2D eigenvalue weighted by molar-refractivity contribution is 0.189. The predicted molar refractivity (Wildman–Crippen MR) is 112 cm³/mol. The van der Waals surface area contributed by atoms with Gasteiger partial charge in [0.25, 0.3) is 10.2 Å². The summed E-state index contributed by atoms with van der Waals surface area (Å²) in [5.74, 6) is -0.395. The van der Waals surface area contributed by atoms with Crippen molar-refractivity contribution in [2.45, 2.75) is 5.34 Å². The number of oxime groups is 1. The van der Waals surface area contributed by atoms with Crippen molar-refractivity contribution in [1.29, 1.82) is 0 Å². The second-order valence-corrected chi connectivity index (χ2v) is 9.47. The summed E-state index contributed by atoms with van der Waals surface area (Å²) >= 11 is 3.08. The Hall–Kier alpha value is -2.16. The quantitative estimate of drug-likeness (QED) is 0.128. The lowest BCUT2D eigenvalue weighted by Gasteiger charge is -2.46. The summed E-state index contributed by atoms with van der Waals surface area (Å²) in [6, 6.07) is 4.14. The molecule has 2 heterocycles. The maximum Gasteiger partial charge on any atom is 0.276 e. The largest absolute Gasteiger partial charge is 0.409 e. The van der Waals surface area contributed by atoms with Crippen LogP contribution in [0.4, 0.5) is 15.9 Å². The van der Waals surface area contributed by atoms with Gasteiger partial charge >= 0.3 is 0 Å². The fraction of sp³-hybridized carbons (Fsp3) is 0.308. The maximum atomic E-state index is 13.4. The molecule has 0 unspecified atom stereocenters. The fourth-order valence-electron chi connectivity index (χ4n) is 2.78. The van der Waals surface area contributed by atoms with Crippen molar-refractivity contribution in [2.24, 2.45) is 16.2 Å². The van der Waals surface area contributed by atoms with Crippen LogP contribution >= 0.6 is 15.9 Å². The zero-order valence-corrected chi connectivity index (χ0v) is 17.8. The van der Waals surface area contributed by atoms with Crippen molar-refractivity contribution < 1.29 is 22.6 Å². The molecule has 3 rings (SSSR count). The molecule has 11 nitrogen and oxygen atoms in total. The Kier molecular flexibility index (Phi) is 5.89. The van der Waals surface area contributed by atoms with Crippen LogP contribution in [0.1, 0.15) is 5.69 Å². The van der Waals surface area contributed by atoms with Crippen LogP contribution in [0.3, 0.4) is 0 Å². The molecular weight excluding hydrogens is 471 g/mol. The van der Waals surface area contributed by atoms with Crippen LogP contribution in [0.15, 0.2) is 32.5 Å². The van der Waals surface area contributed by atoms with Crippen LogP contribution < -0.4 is 15.8 Å². The van der Waals surface area contributed by atoms with E-state index in [1.54, 1.807) is 0 Å². The minimum atomic E-state index is -3.72. The third kappa shape index (κ3) is 4.71. The van der Waals surface area contributed by atoms with E-state index in [2.05, 4.69) is 42.0 Å². The van der Waals surface area contributed by atoms with Crippen molar-refractivity contribution in [2.75, 3.05) is 23.7 Å². The molecule has 29 heavy (non-hydrogen) atoms. The zero-order chi connectivity index (χ0) is 21.4. The van der Waals surface area contributed by atoms with Crippen LogP contribution in [-0.4, -0.2) is 68.2 Å². The van der Waals surface area contributed by atoms with Gasteiger partial charge in [-0.05, 0) is 55.7 Å². The highest BCUT2D eigenvalue weighted by molar-refractivity contribution is 9.10. The van der Waals surface area contributed by atoms with Gasteiger partial charge in [0.1, 0.15) is 21.5 Å². The summed E-state index contributed by atoms with van der Waals surface area (Å²) in [6.45, 7) is 0.504. The van der Waals surface area contributed by atoms with E-state index in [0.717, 1.165) is 4.31 Å². The summed E-state index contributed by atoms with van der Waals surface area (Å²) in [5, 5.41) is 30.6. The normalized spacial score (nSPS) is 16.4. The molecule has 0 radical (unpaired) electrons. The van der Waals surface area contributed by atoms with E-state index in [4.69, 9.17) is 9.77 Å². The number of nitrogens with two attached hydrogens (primary N) is 1. The molecule has 5 N–H and O–H groups in total. The highest BCUT2D eigenvalue weighted by atomic mass is 79.9. The van der Waals surface area contributed by atoms with Gasteiger partial charge < -0.3 is 15.8 Å². The Labute approximate surface area is 176 Å². The first-order valence-corrected chi connectivity index (χ1v) is 10.6. The predicted octanol–water partition coefficient (Wildman–Crippen LogP) is -1.31. The molecule has 154 valence electrons. The van der Waals surface area contributed by atoms with Crippen molar-refractivity contribution in [3.05, 3.63) is 34.2 Å². The molecule has 1 saturated heterocycles. The maximum absolute atomic E-state index is 13.4. The van der Waals surface area contributed by atoms with Crippen LogP contribution in [0.5, 0.6) is 0 Å². The third-order valence-corrected chi connectivity index (χ3v) is 6.29. The number of nitrogens with zero attached hydrogens (tertiary/aromatic N) is 4. The van der Waals surface area contributed by atoms with Crippen molar-refractivity contribution in [1.82, 2.24) is 14.6 Å². The van der Waals surface area contributed by atoms with E-state index in [0.29, 0.717) is 5.69 Å². The number of hydrogen-bond donors (Lipinski definition) is 4. The number of benzene rings is 1. The van der Waals surface area contributed by atoms with Gasteiger partial charge in [0.05, 0.1) is 4.47 Å². The molecule has 0 spiro atoms. The Morgan fingerprint density at radius 3 is 2.72 bits per heavy atom. The molecule has 0 amide bonds. The molecule has 0 bridgehead atoms. The highest BCUT2D eigenvalue weighted by Crippen LogP contribution is 2.28. The smallest absolute Gasteiger partial charge is 0.276 e. The molecule has 0 saturated carbocycles. The van der Waals surface area contributed by atoms with E-state index in [9.17, 15) is 18.0 Å². The Balaban J connectivity index is 1.75. The first kappa shape index (κ1) is 21.5. The number of nitrogens with one attached hydrogen (secondary N) is 2. The third-order valence-electron chi connectivity index (χ3n) is 4.66. The molecule has 1 aromatic carbocycles. The van der Waals surface area contributed by atoms with Gasteiger partial charge in [-0.15, -0.1) is 0 Å². The minimum Gasteiger partial charge on any atom is -0.409 e. The van der Waals surface area contributed by atoms with Crippen LogP contribution in [0.25, 0.3) is 0 Å². The number of hydrogen-bond acceptors (Lipinski definition) is 8. The van der Waals surface area contributed by atoms with E-state index >= 15 is 0 Å². The number of aromatic nitrogens is 2. The first-order chi connectivity index (χ1) is 13.5. The van der Waals surface area contributed by atoms with Gasteiger partial charge in [-0.25, -0.2) is 14.2 Å². The lowest BCUT2D eigenvalue weighted by Crippen LogP contribution is -2.64. The molecule has 1 aromatic heterocycles. The molecule has 1 aliphatic rings. The van der Waals surface area contributed by atoms with Gasteiger partial charge in [-0.3, -0.25) is 0 Å². The SMILES string of the molecule is BC(B)(Nc1nonc1/C(=N/O)Nc1ccc(F)c(Br)c1)C1CN(S(N)(=O)=O)C1. The number of rotatable bonds is 6. The summed E-state index contributed by atoms with van der Waals surface area (Å²) < 4.78 is 42.3. The summed E-state index contributed by atoms with van der Waals surface area (Å²) in [6.07, 6.45) is 0. The zero-order valence-electron chi connectivity index (χ0n) is 15.4. The molecule has 2 aromatic rings. The molecule has 0 aliphatic carbocycles. The first-order valence-electron chi connectivity index (χ1n) is 8.34. The van der Waals surface area contributed by atoms with Crippen molar-refractivity contribution >= 4 is 59.2 Å². The van der Waals surface area contributed by atoms with Gasteiger partial charge in [0.15, 0.2) is 5.69 Å². The van der Waals surface area contributed by atoms with E-state index in [1.807, 2.05) is 15.7 Å². The monoisotopic (exact) mass is 487 g/mol. The second-order valence-electron chi connectivity index (χ2n) is 7.07. The summed E-state index contributed by atoms with van der Waals surface area (Å²) in [4.78, 5) is 0. The lowest BCUT2D eigenvalue weighted by atomic mass is 9.53. The van der Waals surface area contributed by atoms with Gasteiger partial charge in [-0.1, -0.05) is 5.16 Å². The van der Waals surface area contributed by atoms with E-state index in [1.165, 1.54) is 18.2 Å². The van der Waals surface area contributed by atoms with E-state index in [-0.39, 0.29) is 40.8 Å². The van der Waals surface area contributed by atoms with Gasteiger partial charge in [-0.2, -0.15) is 12.7 Å². The Morgan fingerprint density at radius 1 is 1.45 bits per heavy atom. The van der Waals surface area contributed by atoms with Gasteiger partial charge in [0.2, 0.25) is 11.7 Å². The average molecular weight is 488 g/mol. The van der Waals surface area contributed by atoms with Crippen LogP contribution in [-0.2, 0) is 10.2 Å². The Bertz CT molecular complexity index is 1050. The standard InChI is InChI=1S/C13H17B2BrFN7O4S/c14-13(15,6-4-24(5-6)29(18,26)27)20-12-10(22-28-23-12)11(21-25)19-7-1-2-9(17)8(16)3-7/h1-3,6,25H,4-5,14-15H2,(H,19,21)(H,20,23)(H2,18,26,27). The molecule has 0 atom stereocenters. The fourth-order valence-corrected chi connectivity index (χ4v) is 3.93. The molecule has 16 heteroatoms. The number of halogens is 2. The number of anilines is 2. The Morgan fingerprint density at radius 2 is 2.14 bits per heavy atom. The van der Waals surface area contributed by atoms with Crippen molar-refractivity contribution in [3.8, 4) is 0 Å². The van der Waals surface area contributed by atoms with Crippen LogP contribution in [0, 0.1) is 11.7 Å². The molecule has 1 fully saturated rings. The summed E-state index contributed by atoms with van der Waals surface area (Å²) in [7, 11) is -0.00569. The molecule has 1 aliphatic heterocycles. The summed E-state index contributed by atoms with van der Waals surface area (Å²) in [5.41, 5.74) is 0.519. The number of amidine groups is 1. The van der Waals surface area contributed by atoms with Crippen LogP contribution in [0.2, 0.25) is 0 Å². The van der Waals surface area contributed by atoms with E-state index < -0.39 is 21.4 Å². The second kappa shape index (κ2) is 7.93. The van der Waals surface area contributed by atoms with Gasteiger partial charge in [0, 0.05) is 18.8 Å². The highest BCUT2D eigenvalue weighted by Gasteiger charge is 2.43. The average Bonchev–Trinajstić information content (AvgIpc) is 2.99. The minimum absolute atomic E-state index is 0.0547. The molecular formula is C13H17B2BrFN7O4S. The topological polar surface area (TPSA) is 159 Å². The van der Waals surface area contributed by atoms with Crippen molar-refractivity contribution in [3.63, 3.8) is 0 Å².